The van der Waals surface area contributed by atoms with E-state index in [1.165, 1.54) is 4.90 Å². The van der Waals surface area contributed by atoms with Crippen molar-refractivity contribution in [1.29, 1.82) is 0 Å². The highest BCUT2D eigenvalue weighted by molar-refractivity contribution is 6.30. The number of likely N-dealkylation sites (tertiary alicyclic amines) is 1. The van der Waals surface area contributed by atoms with Crippen molar-refractivity contribution in [2.75, 3.05) is 19.6 Å². The molecular weight excluding hydrogens is 290 g/mol. The number of benzene rings is 1. The molecule has 3 rings (SSSR count). The van der Waals surface area contributed by atoms with Crippen LogP contribution in [-0.2, 0) is 11.3 Å². The first kappa shape index (κ1) is 14.4. The van der Waals surface area contributed by atoms with Crippen LogP contribution in [0.25, 0.3) is 0 Å². The fourth-order valence-corrected chi connectivity index (χ4v) is 3.24. The topological polar surface area (TPSA) is 61.4 Å². The molecular formula is C15H18ClN3O2. The molecule has 0 radical (unpaired) electrons. The lowest BCUT2D eigenvalue weighted by Crippen LogP contribution is -2.58. The Bertz CT molecular complexity index is 564. The quantitative estimate of drug-likeness (QED) is 0.873. The van der Waals surface area contributed by atoms with Crippen LogP contribution >= 0.6 is 11.6 Å². The molecule has 3 amide bonds. The van der Waals surface area contributed by atoms with Crippen LogP contribution in [0.3, 0.4) is 0 Å². The second-order valence-electron chi connectivity index (χ2n) is 5.69. The lowest BCUT2D eigenvalue weighted by atomic mass is 9.85. The number of nitrogens with zero attached hydrogens (tertiary/aromatic N) is 1. The SMILES string of the molecule is O=C(NCc1cccc(Cl)c1)N1CC2CNCC(C2)C1=O. The Morgan fingerprint density at radius 3 is 3.10 bits per heavy atom. The molecule has 0 spiro atoms. The molecule has 2 unspecified atom stereocenters. The number of imide groups is 1. The smallest absolute Gasteiger partial charge is 0.324 e. The molecule has 6 heteroatoms. The van der Waals surface area contributed by atoms with Crippen molar-refractivity contribution in [3.8, 4) is 0 Å². The number of piperidine rings is 2. The van der Waals surface area contributed by atoms with Crippen molar-refractivity contribution in [3.63, 3.8) is 0 Å². The number of carbonyl (C=O) groups is 2. The molecule has 2 aliphatic rings. The molecule has 2 saturated heterocycles. The molecule has 21 heavy (non-hydrogen) atoms. The molecule has 5 nitrogen and oxygen atoms in total. The molecule has 1 aromatic carbocycles. The number of hydrogen-bond donors (Lipinski definition) is 2. The summed E-state index contributed by atoms with van der Waals surface area (Å²) >= 11 is 5.91. The van der Waals surface area contributed by atoms with Gasteiger partial charge in [-0.2, -0.15) is 0 Å². The van der Waals surface area contributed by atoms with Crippen molar-refractivity contribution < 1.29 is 9.59 Å². The van der Waals surface area contributed by atoms with Crippen LogP contribution in [0.15, 0.2) is 24.3 Å². The summed E-state index contributed by atoms with van der Waals surface area (Å²) in [4.78, 5) is 25.9. The molecule has 2 fully saturated rings. The molecule has 0 aliphatic carbocycles. The van der Waals surface area contributed by atoms with E-state index in [2.05, 4.69) is 10.6 Å². The number of hydrogen-bond acceptors (Lipinski definition) is 3. The monoisotopic (exact) mass is 307 g/mol. The fraction of sp³-hybridized carbons (Fsp3) is 0.467. The van der Waals surface area contributed by atoms with Gasteiger partial charge in [0.2, 0.25) is 5.91 Å². The summed E-state index contributed by atoms with van der Waals surface area (Å²) < 4.78 is 0. The predicted octanol–water partition coefficient (Wildman–Crippen LogP) is 1.62. The van der Waals surface area contributed by atoms with Gasteiger partial charge in [0.1, 0.15) is 0 Å². The van der Waals surface area contributed by atoms with E-state index in [9.17, 15) is 9.59 Å². The molecule has 2 N–H and O–H groups in total. The van der Waals surface area contributed by atoms with Gasteiger partial charge in [-0.15, -0.1) is 0 Å². The van der Waals surface area contributed by atoms with Gasteiger partial charge in [0.25, 0.3) is 0 Å². The van der Waals surface area contributed by atoms with Crippen molar-refractivity contribution in [3.05, 3.63) is 34.9 Å². The third kappa shape index (κ3) is 3.19. The van der Waals surface area contributed by atoms with E-state index in [-0.39, 0.29) is 17.9 Å². The normalized spacial score (nSPS) is 24.8. The van der Waals surface area contributed by atoms with Crippen LogP contribution in [0.1, 0.15) is 12.0 Å². The molecule has 112 valence electrons. The Morgan fingerprint density at radius 1 is 1.43 bits per heavy atom. The van der Waals surface area contributed by atoms with Gasteiger partial charge in [0.05, 0.1) is 5.92 Å². The Kier molecular flexibility index (Phi) is 4.12. The van der Waals surface area contributed by atoms with Crippen LogP contribution < -0.4 is 10.6 Å². The molecule has 2 bridgehead atoms. The summed E-state index contributed by atoms with van der Waals surface area (Å²) in [6.45, 7) is 2.43. The fourth-order valence-electron chi connectivity index (χ4n) is 3.03. The van der Waals surface area contributed by atoms with Gasteiger partial charge < -0.3 is 10.6 Å². The molecule has 2 atom stereocenters. The highest BCUT2D eigenvalue weighted by Crippen LogP contribution is 2.25. The minimum Gasteiger partial charge on any atom is -0.334 e. The number of nitrogens with one attached hydrogen (secondary N) is 2. The Hall–Kier alpha value is -1.59. The van der Waals surface area contributed by atoms with Gasteiger partial charge in [-0.1, -0.05) is 23.7 Å². The van der Waals surface area contributed by atoms with Gasteiger partial charge in [-0.25, -0.2) is 4.79 Å². The lowest BCUT2D eigenvalue weighted by molar-refractivity contribution is -0.137. The van der Waals surface area contributed by atoms with Crippen molar-refractivity contribution >= 4 is 23.5 Å². The third-order valence-corrected chi connectivity index (χ3v) is 4.31. The highest BCUT2D eigenvalue weighted by Gasteiger charge is 2.39. The summed E-state index contributed by atoms with van der Waals surface area (Å²) in [5.41, 5.74) is 0.919. The summed E-state index contributed by atoms with van der Waals surface area (Å²) in [5.74, 6) is 0.245. The largest absolute Gasteiger partial charge is 0.334 e. The molecule has 1 aromatic rings. The zero-order valence-corrected chi connectivity index (χ0v) is 12.4. The Balaban J connectivity index is 1.61. The highest BCUT2D eigenvalue weighted by atomic mass is 35.5. The second-order valence-corrected chi connectivity index (χ2v) is 6.13. The number of carbonyl (C=O) groups excluding carboxylic acids is 2. The van der Waals surface area contributed by atoms with Crippen molar-refractivity contribution in [2.24, 2.45) is 11.8 Å². The predicted molar refractivity (Wildman–Crippen MR) is 79.9 cm³/mol. The maximum atomic E-state index is 12.2. The standard InChI is InChI=1S/C15H18ClN3O2/c16-13-3-1-2-10(5-13)7-18-15(21)19-9-11-4-12(14(19)20)8-17-6-11/h1-3,5,11-12,17H,4,6-9H2,(H,18,21). The number of rotatable bonds is 2. The number of fused-ring (bicyclic) bond motifs is 2. The lowest BCUT2D eigenvalue weighted by Gasteiger charge is -2.39. The van der Waals surface area contributed by atoms with E-state index in [1.54, 1.807) is 12.1 Å². The van der Waals surface area contributed by atoms with Gasteiger partial charge in [-0.05, 0) is 36.6 Å². The molecule has 0 saturated carbocycles. The zero-order chi connectivity index (χ0) is 14.8. The number of urea groups is 1. The minimum absolute atomic E-state index is 0.0607. The maximum Gasteiger partial charge on any atom is 0.324 e. The third-order valence-electron chi connectivity index (χ3n) is 4.08. The Labute approximate surface area is 128 Å². The zero-order valence-electron chi connectivity index (χ0n) is 11.6. The van der Waals surface area contributed by atoms with Crippen LogP contribution in [-0.4, -0.2) is 36.5 Å². The first-order valence-corrected chi connectivity index (χ1v) is 7.55. The summed E-state index contributed by atoms with van der Waals surface area (Å²) in [6, 6.07) is 7.01. The van der Waals surface area contributed by atoms with Crippen LogP contribution in [0.4, 0.5) is 4.79 Å². The van der Waals surface area contributed by atoms with Crippen LogP contribution in [0.2, 0.25) is 5.02 Å². The van der Waals surface area contributed by atoms with Gasteiger partial charge >= 0.3 is 6.03 Å². The summed E-state index contributed by atoms with van der Waals surface area (Å²) in [6.07, 6.45) is 0.893. The maximum absolute atomic E-state index is 12.2. The minimum atomic E-state index is -0.309. The first-order valence-electron chi connectivity index (χ1n) is 7.18. The molecule has 0 aromatic heterocycles. The van der Waals surface area contributed by atoms with Gasteiger partial charge in [0.15, 0.2) is 0 Å². The van der Waals surface area contributed by atoms with E-state index in [4.69, 9.17) is 11.6 Å². The Morgan fingerprint density at radius 2 is 2.29 bits per heavy atom. The number of amides is 3. The molecule has 2 aliphatic heterocycles. The van der Waals surface area contributed by atoms with Crippen molar-refractivity contribution in [1.82, 2.24) is 15.5 Å². The summed E-state index contributed by atoms with van der Waals surface area (Å²) in [7, 11) is 0. The van der Waals surface area contributed by atoms with Gasteiger partial charge in [0, 0.05) is 24.7 Å². The van der Waals surface area contributed by atoms with E-state index in [0.717, 1.165) is 18.5 Å². The molecule has 2 heterocycles. The number of halogens is 1. The average molecular weight is 308 g/mol. The van der Waals surface area contributed by atoms with E-state index >= 15 is 0 Å². The van der Waals surface area contributed by atoms with Crippen molar-refractivity contribution in [2.45, 2.75) is 13.0 Å². The summed E-state index contributed by atoms with van der Waals surface area (Å²) in [5, 5.41) is 6.69. The van der Waals surface area contributed by atoms with Gasteiger partial charge in [-0.3, -0.25) is 9.69 Å². The van der Waals surface area contributed by atoms with E-state index < -0.39 is 0 Å². The average Bonchev–Trinajstić information content (AvgIpc) is 2.49. The second kappa shape index (κ2) is 6.03. The van der Waals surface area contributed by atoms with E-state index in [0.29, 0.717) is 30.6 Å². The van der Waals surface area contributed by atoms with E-state index in [1.807, 2.05) is 12.1 Å². The van der Waals surface area contributed by atoms with Crippen LogP contribution in [0, 0.1) is 11.8 Å². The van der Waals surface area contributed by atoms with Crippen LogP contribution in [0.5, 0.6) is 0 Å². The first-order chi connectivity index (χ1) is 10.1.